The SMILES string of the molecule is O=c1cc(CSc2nnc(-c3c[nH]c4ccccc34)n2-c2ccc(Cl)cc2)nc2ccc(Br)cn12. The molecule has 0 aliphatic heterocycles. The maximum absolute atomic E-state index is 12.6. The third-order valence-corrected chi connectivity index (χ3v) is 7.26. The van der Waals surface area contributed by atoms with E-state index in [1.165, 1.54) is 16.2 Å². The number of halogens is 2. The topological polar surface area (TPSA) is 80.9 Å². The number of hydrogen-bond acceptors (Lipinski definition) is 5. The molecular weight excluding hydrogens is 548 g/mol. The summed E-state index contributed by atoms with van der Waals surface area (Å²) >= 11 is 11.0. The zero-order chi connectivity index (χ0) is 23.9. The van der Waals surface area contributed by atoms with Crippen molar-refractivity contribution in [3.63, 3.8) is 0 Å². The van der Waals surface area contributed by atoms with Gasteiger partial charge >= 0.3 is 0 Å². The Hall–Kier alpha value is -3.40. The molecule has 0 saturated carbocycles. The minimum Gasteiger partial charge on any atom is -0.360 e. The molecule has 172 valence electrons. The van der Waals surface area contributed by atoms with Gasteiger partial charge in [0.2, 0.25) is 0 Å². The number of aromatic nitrogens is 6. The maximum Gasteiger partial charge on any atom is 0.258 e. The van der Waals surface area contributed by atoms with Gasteiger partial charge < -0.3 is 4.98 Å². The van der Waals surface area contributed by atoms with E-state index in [1.54, 1.807) is 12.3 Å². The van der Waals surface area contributed by atoms with Crippen LogP contribution >= 0.6 is 39.3 Å². The van der Waals surface area contributed by atoms with Crippen LogP contribution < -0.4 is 5.56 Å². The van der Waals surface area contributed by atoms with Crippen LogP contribution in [0.15, 0.2) is 93.5 Å². The van der Waals surface area contributed by atoms with Gasteiger partial charge in [-0.2, -0.15) is 0 Å². The Labute approximate surface area is 216 Å². The van der Waals surface area contributed by atoms with Crippen molar-refractivity contribution in [3.05, 3.63) is 105 Å². The number of benzene rings is 2. The quantitative estimate of drug-likeness (QED) is 0.255. The number of rotatable bonds is 5. The number of hydrogen-bond donors (Lipinski definition) is 1. The summed E-state index contributed by atoms with van der Waals surface area (Å²) in [5, 5.41) is 11.4. The van der Waals surface area contributed by atoms with Gasteiger partial charge in [0.25, 0.3) is 5.56 Å². The van der Waals surface area contributed by atoms with E-state index in [0.29, 0.717) is 33.1 Å². The second-order valence-corrected chi connectivity index (χ2v) is 10.1. The summed E-state index contributed by atoms with van der Waals surface area (Å²) in [4.78, 5) is 20.6. The Morgan fingerprint density at radius 2 is 1.86 bits per heavy atom. The fourth-order valence-electron chi connectivity index (χ4n) is 3.96. The van der Waals surface area contributed by atoms with Crippen molar-refractivity contribution < 1.29 is 0 Å². The molecule has 0 saturated heterocycles. The summed E-state index contributed by atoms with van der Waals surface area (Å²) < 4.78 is 4.34. The molecule has 4 aromatic heterocycles. The standard InChI is InChI=1S/C25H16BrClN6OS/c26-15-5-10-22-29-17(11-23(34)32(22)13-15)14-35-25-31-30-24(33(25)18-8-6-16(27)7-9-18)20-12-28-21-4-2-1-3-19(20)21/h1-13,28H,14H2. The third kappa shape index (κ3) is 4.16. The highest BCUT2D eigenvalue weighted by Crippen LogP contribution is 2.33. The summed E-state index contributed by atoms with van der Waals surface area (Å²) in [6.45, 7) is 0. The molecule has 0 aliphatic rings. The van der Waals surface area contributed by atoms with Crippen LogP contribution in [0.3, 0.4) is 0 Å². The van der Waals surface area contributed by atoms with E-state index in [1.807, 2.05) is 65.4 Å². The molecule has 7 nitrogen and oxygen atoms in total. The van der Waals surface area contributed by atoms with E-state index in [4.69, 9.17) is 11.6 Å². The van der Waals surface area contributed by atoms with E-state index in [0.717, 1.165) is 26.6 Å². The molecule has 1 N–H and O–H groups in total. The minimum atomic E-state index is -0.134. The smallest absolute Gasteiger partial charge is 0.258 e. The fraction of sp³-hybridized carbons (Fsp3) is 0.0400. The molecule has 6 rings (SSSR count). The van der Waals surface area contributed by atoms with Crippen molar-refractivity contribution in [1.82, 2.24) is 29.1 Å². The van der Waals surface area contributed by atoms with Crippen LogP contribution in [-0.2, 0) is 5.75 Å². The lowest BCUT2D eigenvalue weighted by atomic mass is 10.1. The van der Waals surface area contributed by atoms with Gasteiger partial charge in [0.1, 0.15) is 5.65 Å². The first-order chi connectivity index (χ1) is 17.1. The highest BCUT2D eigenvalue weighted by molar-refractivity contribution is 9.10. The van der Waals surface area contributed by atoms with Crippen LogP contribution in [0.25, 0.3) is 33.6 Å². The first-order valence-electron chi connectivity index (χ1n) is 10.7. The van der Waals surface area contributed by atoms with Gasteiger partial charge in [0, 0.05) is 55.9 Å². The first-order valence-corrected chi connectivity index (χ1v) is 12.8. The summed E-state index contributed by atoms with van der Waals surface area (Å²) in [7, 11) is 0. The Morgan fingerprint density at radius 3 is 2.71 bits per heavy atom. The Balaban J connectivity index is 1.42. The van der Waals surface area contributed by atoms with Crippen LogP contribution in [0.5, 0.6) is 0 Å². The lowest BCUT2D eigenvalue weighted by Crippen LogP contribution is -2.15. The van der Waals surface area contributed by atoms with Crippen LogP contribution in [0.2, 0.25) is 5.02 Å². The number of H-pyrrole nitrogens is 1. The number of thioether (sulfide) groups is 1. The molecule has 0 aliphatic carbocycles. The van der Waals surface area contributed by atoms with E-state index in [9.17, 15) is 4.79 Å². The van der Waals surface area contributed by atoms with Gasteiger partial charge in [-0.15, -0.1) is 10.2 Å². The molecule has 0 fully saturated rings. The van der Waals surface area contributed by atoms with Crippen LogP contribution in [0.1, 0.15) is 5.69 Å². The molecule has 0 spiro atoms. The van der Waals surface area contributed by atoms with Gasteiger partial charge in [-0.1, -0.05) is 41.6 Å². The number of pyridine rings is 1. The lowest BCUT2D eigenvalue weighted by molar-refractivity contribution is 0.885. The molecule has 0 amide bonds. The van der Waals surface area contributed by atoms with E-state index in [-0.39, 0.29) is 5.56 Å². The van der Waals surface area contributed by atoms with E-state index < -0.39 is 0 Å². The number of aromatic amines is 1. The van der Waals surface area contributed by atoms with Crippen molar-refractivity contribution >= 4 is 55.8 Å². The molecule has 0 unspecified atom stereocenters. The number of nitrogens with one attached hydrogen (secondary N) is 1. The molecular formula is C25H16BrClN6OS. The van der Waals surface area contributed by atoms with Crippen molar-refractivity contribution in [2.75, 3.05) is 0 Å². The predicted molar refractivity (Wildman–Crippen MR) is 142 cm³/mol. The van der Waals surface area contributed by atoms with Gasteiger partial charge in [0.15, 0.2) is 11.0 Å². The number of fused-ring (bicyclic) bond motifs is 2. The highest BCUT2D eigenvalue weighted by atomic mass is 79.9. The molecule has 2 aromatic carbocycles. The number of para-hydroxylation sites is 1. The number of nitrogens with zero attached hydrogens (tertiary/aromatic N) is 5. The third-order valence-electron chi connectivity index (χ3n) is 5.57. The monoisotopic (exact) mass is 562 g/mol. The van der Waals surface area contributed by atoms with Crippen LogP contribution in [0, 0.1) is 0 Å². The fourth-order valence-corrected chi connectivity index (χ4v) is 5.26. The van der Waals surface area contributed by atoms with E-state index >= 15 is 0 Å². The van der Waals surface area contributed by atoms with Crippen molar-refractivity contribution in [2.45, 2.75) is 10.9 Å². The van der Waals surface area contributed by atoms with Crippen molar-refractivity contribution in [1.29, 1.82) is 0 Å². The largest absolute Gasteiger partial charge is 0.360 e. The normalized spacial score (nSPS) is 11.5. The molecule has 0 radical (unpaired) electrons. The zero-order valence-electron chi connectivity index (χ0n) is 18.0. The minimum absolute atomic E-state index is 0.134. The van der Waals surface area contributed by atoms with Gasteiger partial charge in [-0.25, -0.2) is 4.98 Å². The van der Waals surface area contributed by atoms with Gasteiger partial charge in [-0.3, -0.25) is 13.8 Å². The predicted octanol–water partition coefficient (Wildman–Crippen LogP) is 6.13. The highest BCUT2D eigenvalue weighted by Gasteiger charge is 2.19. The molecule has 0 atom stereocenters. The zero-order valence-corrected chi connectivity index (χ0v) is 21.2. The summed E-state index contributed by atoms with van der Waals surface area (Å²) in [5.41, 5.74) is 3.98. The average Bonchev–Trinajstić information content (AvgIpc) is 3.48. The molecule has 10 heteroatoms. The first kappa shape index (κ1) is 22.1. The maximum atomic E-state index is 12.6. The molecule has 35 heavy (non-hydrogen) atoms. The molecule has 4 heterocycles. The van der Waals surface area contributed by atoms with E-state index in [2.05, 4.69) is 42.2 Å². The second kappa shape index (κ2) is 8.99. The summed E-state index contributed by atoms with van der Waals surface area (Å²) in [5.74, 6) is 1.17. The molecule has 6 aromatic rings. The Bertz CT molecular complexity index is 1760. The second-order valence-electron chi connectivity index (χ2n) is 7.82. The van der Waals surface area contributed by atoms with Crippen molar-refractivity contribution in [3.8, 4) is 17.1 Å². The molecule has 0 bridgehead atoms. The lowest BCUT2D eigenvalue weighted by Gasteiger charge is -2.10. The average molecular weight is 564 g/mol. The van der Waals surface area contributed by atoms with Gasteiger partial charge in [-0.05, 0) is 58.4 Å². The van der Waals surface area contributed by atoms with Crippen LogP contribution in [0.4, 0.5) is 0 Å². The Morgan fingerprint density at radius 1 is 1.03 bits per heavy atom. The van der Waals surface area contributed by atoms with Crippen LogP contribution in [-0.4, -0.2) is 29.1 Å². The van der Waals surface area contributed by atoms with Crippen molar-refractivity contribution in [2.24, 2.45) is 0 Å². The summed E-state index contributed by atoms with van der Waals surface area (Å²) in [6.07, 6.45) is 3.66. The summed E-state index contributed by atoms with van der Waals surface area (Å²) in [6, 6.07) is 20.9. The van der Waals surface area contributed by atoms with Gasteiger partial charge in [0.05, 0.1) is 5.69 Å². The Kier molecular flexibility index (Phi) is 5.68.